The topological polar surface area (TPSA) is 41.6 Å². The summed E-state index contributed by atoms with van der Waals surface area (Å²) in [5.74, 6) is 1.32. The van der Waals surface area contributed by atoms with E-state index in [-0.39, 0.29) is 17.6 Å². The lowest BCUT2D eigenvalue weighted by molar-refractivity contribution is -0.147. The van der Waals surface area contributed by atoms with Gasteiger partial charge >= 0.3 is 0 Å². The van der Waals surface area contributed by atoms with E-state index in [2.05, 4.69) is 34.7 Å². The summed E-state index contributed by atoms with van der Waals surface area (Å²) in [7, 11) is 0. The molecule has 5 heteroatoms. The van der Waals surface area contributed by atoms with E-state index in [4.69, 9.17) is 4.74 Å². The Morgan fingerprint density at radius 1 is 1.42 bits per heavy atom. The van der Waals surface area contributed by atoms with Gasteiger partial charge in [0.2, 0.25) is 5.91 Å². The van der Waals surface area contributed by atoms with Gasteiger partial charge in [-0.3, -0.25) is 9.69 Å². The predicted molar refractivity (Wildman–Crippen MR) is 95.9 cm³/mol. The molecule has 1 unspecified atom stereocenters. The van der Waals surface area contributed by atoms with Crippen molar-refractivity contribution < 1.29 is 9.53 Å². The van der Waals surface area contributed by atoms with E-state index >= 15 is 0 Å². The molecule has 1 N–H and O–H groups in total. The van der Waals surface area contributed by atoms with Crippen LogP contribution in [0, 0.1) is 11.8 Å². The lowest BCUT2D eigenvalue weighted by Crippen LogP contribution is -2.51. The molecule has 1 amide bonds. The summed E-state index contributed by atoms with van der Waals surface area (Å²) < 4.78 is 6.36. The molecule has 2 aliphatic heterocycles. The number of hydrogen-bond acceptors (Lipinski definition) is 4. The number of hydrogen-bond donors (Lipinski definition) is 1. The second-order valence-electron chi connectivity index (χ2n) is 7.86. The molecule has 132 valence electrons. The summed E-state index contributed by atoms with van der Waals surface area (Å²) in [5.41, 5.74) is -0.0759. The van der Waals surface area contributed by atoms with Gasteiger partial charge in [-0.25, -0.2) is 0 Å². The number of carbonyl (C=O) groups is 1. The number of likely N-dealkylation sites (tertiary alicyclic amines) is 1. The van der Waals surface area contributed by atoms with E-state index < -0.39 is 0 Å². The standard InChI is InChI=1S/C19H28N2O2S/c1-14-12-21(13-16-3-2-10-24-16)9-8-19(14)7-6-17(23-19)18(22)20-11-15-4-5-15/h2-3,10,14-15,17H,4-9,11-13H2,1H3,(H,20,22)/t14-,17?,19+/m0/s1. The minimum atomic E-state index is -0.227. The van der Waals surface area contributed by atoms with Gasteiger partial charge in [-0.2, -0.15) is 0 Å². The summed E-state index contributed by atoms with van der Waals surface area (Å²) in [4.78, 5) is 16.3. The molecule has 3 heterocycles. The maximum absolute atomic E-state index is 12.3. The molecule has 1 aliphatic carbocycles. The molecule has 1 spiro atoms. The van der Waals surface area contributed by atoms with E-state index in [0.29, 0.717) is 5.92 Å². The molecule has 1 saturated carbocycles. The first-order valence-electron chi connectivity index (χ1n) is 9.35. The number of thiophene rings is 1. The molecule has 0 radical (unpaired) electrons. The van der Waals surface area contributed by atoms with Crippen LogP contribution in [-0.4, -0.2) is 42.1 Å². The fourth-order valence-corrected chi connectivity index (χ4v) is 4.94. The zero-order chi connectivity index (χ0) is 16.6. The Hall–Kier alpha value is -0.910. The minimum absolute atomic E-state index is 0.0759. The van der Waals surface area contributed by atoms with Crippen molar-refractivity contribution in [3.63, 3.8) is 0 Å². The summed E-state index contributed by atoms with van der Waals surface area (Å²) >= 11 is 1.83. The van der Waals surface area contributed by atoms with Crippen molar-refractivity contribution in [1.29, 1.82) is 0 Å². The number of carbonyl (C=O) groups excluding carboxylic acids is 1. The Balaban J connectivity index is 1.30. The van der Waals surface area contributed by atoms with E-state index in [1.165, 1.54) is 17.7 Å². The van der Waals surface area contributed by atoms with Gasteiger partial charge in [0, 0.05) is 31.1 Å². The van der Waals surface area contributed by atoms with Crippen molar-refractivity contribution in [1.82, 2.24) is 10.2 Å². The Labute approximate surface area is 148 Å². The third-order valence-electron chi connectivity index (χ3n) is 6.00. The minimum Gasteiger partial charge on any atom is -0.362 e. The van der Waals surface area contributed by atoms with E-state index in [0.717, 1.165) is 51.4 Å². The van der Waals surface area contributed by atoms with Gasteiger partial charge in [-0.05, 0) is 55.4 Å². The molecule has 3 aliphatic rings. The molecule has 3 fully saturated rings. The third kappa shape index (κ3) is 3.53. The average Bonchev–Trinajstić information content (AvgIpc) is 3.07. The normalized spacial score (nSPS) is 33.9. The zero-order valence-corrected chi connectivity index (χ0v) is 15.3. The fourth-order valence-electron chi connectivity index (χ4n) is 4.19. The predicted octanol–water partition coefficient (Wildman–Crippen LogP) is 3.03. The van der Waals surface area contributed by atoms with E-state index in [1.54, 1.807) is 0 Å². The van der Waals surface area contributed by atoms with Gasteiger partial charge in [0.15, 0.2) is 0 Å². The monoisotopic (exact) mass is 348 g/mol. The maximum atomic E-state index is 12.3. The van der Waals surface area contributed by atoms with Crippen LogP contribution in [0.1, 0.15) is 43.9 Å². The van der Waals surface area contributed by atoms with E-state index in [1.807, 2.05) is 11.3 Å². The number of amides is 1. The number of rotatable bonds is 5. The van der Waals surface area contributed by atoms with Gasteiger partial charge in [0.05, 0.1) is 5.60 Å². The summed E-state index contributed by atoms with van der Waals surface area (Å²) in [6.07, 6.45) is 5.27. The van der Waals surface area contributed by atoms with Crippen molar-refractivity contribution in [3.05, 3.63) is 22.4 Å². The Kier molecular flexibility index (Phi) is 4.67. The lowest BCUT2D eigenvalue weighted by Gasteiger charge is -2.44. The summed E-state index contributed by atoms with van der Waals surface area (Å²) in [6.45, 7) is 6.32. The van der Waals surface area contributed by atoms with E-state index in [9.17, 15) is 4.79 Å². The Bertz CT molecular complexity index is 572. The number of ether oxygens (including phenoxy) is 1. The highest BCUT2D eigenvalue weighted by Gasteiger charge is 2.48. The molecular formula is C19H28N2O2S. The largest absolute Gasteiger partial charge is 0.362 e. The van der Waals surface area contributed by atoms with Crippen molar-refractivity contribution in [2.45, 2.75) is 57.3 Å². The highest BCUT2D eigenvalue weighted by Crippen LogP contribution is 2.42. The van der Waals surface area contributed by atoms with Crippen LogP contribution in [0.15, 0.2) is 17.5 Å². The maximum Gasteiger partial charge on any atom is 0.249 e. The van der Waals surface area contributed by atoms with Crippen LogP contribution in [0.5, 0.6) is 0 Å². The number of nitrogens with one attached hydrogen (secondary N) is 1. The van der Waals surface area contributed by atoms with Crippen LogP contribution >= 0.6 is 11.3 Å². The Morgan fingerprint density at radius 2 is 2.29 bits per heavy atom. The second-order valence-corrected chi connectivity index (χ2v) is 8.90. The van der Waals surface area contributed by atoms with Gasteiger partial charge in [0.25, 0.3) is 0 Å². The smallest absolute Gasteiger partial charge is 0.249 e. The molecule has 1 aromatic rings. The highest BCUT2D eigenvalue weighted by atomic mass is 32.1. The van der Waals surface area contributed by atoms with Crippen LogP contribution in [0.25, 0.3) is 0 Å². The first-order valence-corrected chi connectivity index (χ1v) is 10.2. The first-order chi connectivity index (χ1) is 11.6. The fraction of sp³-hybridized carbons (Fsp3) is 0.737. The van der Waals surface area contributed by atoms with Crippen LogP contribution in [0.4, 0.5) is 0 Å². The molecule has 0 aromatic carbocycles. The third-order valence-corrected chi connectivity index (χ3v) is 6.86. The molecule has 4 nitrogen and oxygen atoms in total. The van der Waals surface area contributed by atoms with Crippen molar-refractivity contribution in [2.75, 3.05) is 19.6 Å². The molecular weight excluding hydrogens is 320 g/mol. The summed E-state index contributed by atoms with van der Waals surface area (Å²) in [6, 6.07) is 4.34. The van der Waals surface area contributed by atoms with Crippen LogP contribution in [0.2, 0.25) is 0 Å². The molecule has 1 aromatic heterocycles. The first kappa shape index (κ1) is 16.6. The lowest BCUT2D eigenvalue weighted by atomic mass is 9.80. The van der Waals surface area contributed by atoms with Gasteiger partial charge < -0.3 is 10.1 Å². The van der Waals surface area contributed by atoms with Crippen LogP contribution in [-0.2, 0) is 16.1 Å². The molecule has 3 atom stereocenters. The second kappa shape index (κ2) is 6.77. The quantitative estimate of drug-likeness (QED) is 0.889. The molecule has 4 rings (SSSR count). The van der Waals surface area contributed by atoms with Gasteiger partial charge in [-0.15, -0.1) is 11.3 Å². The van der Waals surface area contributed by atoms with Crippen molar-refractivity contribution in [2.24, 2.45) is 11.8 Å². The molecule has 24 heavy (non-hydrogen) atoms. The average molecular weight is 349 g/mol. The van der Waals surface area contributed by atoms with Crippen molar-refractivity contribution >= 4 is 17.2 Å². The van der Waals surface area contributed by atoms with Crippen LogP contribution < -0.4 is 5.32 Å². The summed E-state index contributed by atoms with van der Waals surface area (Å²) in [5, 5.41) is 5.24. The number of nitrogens with zero attached hydrogens (tertiary/aromatic N) is 1. The van der Waals surface area contributed by atoms with Crippen LogP contribution in [0.3, 0.4) is 0 Å². The highest BCUT2D eigenvalue weighted by molar-refractivity contribution is 7.09. The zero-order valence-electron chi connectivity index (χ0n) is 14.5. The molecule has 0 bridgehead atoms. The van der Waals surface area contributed by atoms with Gasteiger partial charge in [-0.1, -0.05) is 13.0 Å². The molecule has 2 saturated heterocycles. The van der Waals surface area contributed by atoms with Gasteiger partial charge in [0.1, 0.15) is 6.10 Å². The van der Waals surface area contributed by atoms with Crippen molar-refractivity contribution in [3.8, 4) is 0 Å². The SMILES string of the molecule is C[C@H]1CN(Cc2cccs2)CC[C@]12CCC(C(=O)NCC1CC1)O2. The number of piperidine rings is 1. The Morgan fingerprint density at radius 3 is 3.00 bits per heavy atom.